The molecule has 0 saturated heterocycles. The van der Waals surface area contributed by atoms with Gasteiger partial charge < -0.3 is 14.3 Å². The molecule has 11 heavy (non-hydrogen) atoms. The van der Waals surface area contributed by atoms with E-state index in [9.17, 15) is 0 Å². The van der Waals surface area contributed by atoms with Gasteiger partial charge in [-0.1, -0.05) is 18.2 Å². The summed E-state index contributed by atoms with van der Waals surface area (Å²) in [6.07, 6.45) is 0. The fraction of sp³-hybridized carbons (Fsp3) is 0.143. The Kier molecular flexibility index (Phi) is 2.95. The molecule has 1 N–H and O–H groups in total. The maximum Gasteiger partial charge on any atom is 0.710 e. The minimum atomic E-state index is -1.18. The van der Waals surface area contributed by atoms with E-state index in [1.165, 1.54) is 7.11 Å². The number of para-hydroxylation sites is 1. The maximum atomic E-state index is 8.87. The summed E-state index contributed by atoms with van der Waals surface area (Å²) < 4.78 is 9.38. The van der Waals surface area contributed by atoms with E-state index < -0.39 is 7.32 Å². The minimum Gasteiger partial charge on any atom is -0.512 e. The number of hydrogen-bond acceptors (Lipinski definition) is 3. The van der Waals surface area contributed by atoms with E-state index >= 15 is 0 Å². The van der Waals surface area contributed by atoms with Gasteiger partial charge in [0.05, 0.1) is 0 Å². The molecule has 0 aliphatic carbocycles. The van der Waals surface area contributed by atoms with Crippen LogP contribution in [0.25, 0.3) is 0 Å². The molecule has 0 aliphatic rings. The summed E-state index contributed by atoms with van der Waals surface area (Å²) in [6.45, 7) is 0. The molecule has 4 heteroatoms. The van der Waals surface area contributed by atoms with Crippen LogP contribution in [0.2, 0.25) is 0 Å². The van der Waals surface area contributed by atoms with E-state index in [1.54, 1.807) is 12.1 Å². The van der Waals surface area contributed by atoms with E-state index in [-0.39, 0.29) is 0 Å². The van der Waals surface area contributed by atoms with E-state index in [0.717, 1.165) is 0 Å². The smallest absolute Gasteiger partial charge is 0.512 e. The highest BCUT2D eigenvalue weighted by Crippen LogP contribution is 2.08. The highest BCUT2D eigenvalue weighted by molar-refractivity contribution is 6.35. The van der Waals surface area contributed by atoms with Crippen LogP contribution < -0.4 is 4.65 Å². The molecular formula is C7H9BO3. The Morgan fingerprint density at radius 2 is 1.91 bits per heavy atom. The minimum absolute atomic E-state index is 0.585. The van der Waals surface area contributed by atoms with Crippen LogP contribution in [-0.4, -0.2) is 19.5 Å². The number of rotatable bonds is 3. The first kappa shape index (κ1) is 8.10. The van der Waals surface area contributed by atoms with Crippen molar-refractivity contribution in [3.63, 3.8) is 0 Å². The molecule has 0 aromatic heterocycles. The molecule has 0 aliphatic heterocycles. The van der Waals surface area contributed by atoms with Gasteiger partial charge in [-0.25, -0.2) is 0 Å². The predicted octanol–water partition coefficient (Wildman–Crippen LogP) is 0.689. The highest BCUT2D eigenvalue weighted by Gasteiger charge is 2.14. The van der Waals surface area contributed by atoms with Crippen LogP contribution in [0, 0.1) is 0 Å². The lowest BCUT2D eigenvalue weighted by Crippen LogP contribution is -2.23. The van der Waals surface area contributed by atoms with Crippen molar-refractivity contribution in [3.05, 3.63) is 30.3 Å². The maximum absolute atomic E-state index is 8.87. The van der Waals surface area contributed by atoms with Crippen molar-refractivity contribution >= 4 is 7.32 Å². The van der Waals surface area contributed by atoms with Gasteiger partial charge in [0.15, 0.2) is 0 Å². The Labute approximate surface area is 65.7 Å². The lowest BCUT2D eigenvalue weighted by Gasteiger charge is -2.05. The van der Waals surface area contributed by atoms with Gasteiger partial charge in [-0.05, 0) is 12.1 Å². The Bertz CT molecular complexity index is 202. The Balaban J connectivity index is 2.51. The molecule has 58 valence electrons. The molecule has 0 spiro atoms. The van der Waals surface area contributed by atoms with Crippen molar-refractivity contribution in [2.24, 2.45) is 0 Å². The SMILES string of the molecule is COB(O)Oc1ccccc1. The van der Waals surface area contributed by atoms with Gasteiger partial charge in [0, 0.05) is 7.11 Å². The third-order valence-corrected chi connectivity index (χ3v) is 1.18. The summed E-state index contributed by atoms with van der Waals surface area (Å²) >= 11 is 0. The van der Waals surface area contributed by atoms with Gasteiger partial charge in [-0.3, -0.25) is 0 Å². The molecule has 0 atom stereocenters. The van der Waals surface area contributed by atoms with Gasteiger partial charge in [-0.2, -0.15) is 0 Å². The summed E-state index contributed by atoms with van der Waals surface area (Å²) in [4.78, 5) is 0. The highest BCUT2D eigenvalue weighted by atomic mass is 16.7. The second-order valence-corrected chi connectivity index (χ2v) is 1.97. The monoisotopic (exact) mass is 152 g/mol. The zero-order valence-corrected chi connectivity index (χ0v) is 6.23. The molecule has 0 bridgehead atoms. The third-order valence-electron chi connectivity index (χ3n) is 1.18. The van der Waals surface area contributed by atoms with Gasteiger partial charge in [0.25, 0.3) is 0 Å². The van der Waals surface area contributed by atoms with Crippen LogP contribution >= 0.6 is 0 Å². The molecule has 0 radical (unpaired) electrons. The molecule has 1 aromatic carbocycles. The van der Waals surface area contributed by atoms with Crippen molar-refractivity contribution in [1.29, 1.82) is 0 Å². The van der Waals surface area contributed by atoms with Crippen molar-refractivity contribution in [2.75, 3.05) is 7.11 Å². The molecule has 0 unspecified atom stereocenters. The van der Waals surface area contributed by atoms with Gasteiger partial charge in [-0.15, -0.1) is 0 Å². The van der Waals surface area contributed by atoms with Crippen LogP contribution in [0.1, 0.15) is 0 Å². The van der Waals surface area contributed by atoms with Gasteiger partial charge in [0.1, 0.15) is 5.75 Å². The topological polar surface area (TPSA) is 38.7 Å². The third kappa shape index (κ3) is 2.61. The second-order valence-electron chi connectivity index (χ2n) is 1.97. The molecule has 0 saturated carbocycles. The van der Waals surface area contributed by atoms with Crippen molar-refractivity contribution in [3.8, 4) is 5.75 Å². The van der Waals surface area contributed by atoms with E-state index in [4.69, 9.17) is 9.68 Å². The first-order chi connectivity index (χ1) is 5.33. The van der Waals surface area contributed by atoms with E-state index in [2.05, 4.69) is 4.65 Å². The predicted molar refractivity (Wildman–Crippen MR) is 42.1 cm³/mol. The van der Waals surface area contributed by atoms with E-state index in [1.807, 2.05) is 18.2 Å². The quantitative estimate of drug-likeness (QED) is 0.647. The molecule has 3 nitrogen and oxygen atoms in total. The Hall–Kier alpha value is -0.995. The standard InChI is InChI=1S/C7H9BO3/c1-10-8(9)11-7-5-3-2-4-6-7/h2-6,9H,1H3. The van der Waals surface area contributed by atoms with E-state index in [0.29, 0.717) is 5.75 Å². The zero-order chi connectivity index (χ0) is 8.10. The lowest BCUT2D eigenvalue weighted by molar-refractivity contribution is 0.238. The fourth-order valence-corrected chi connectivity index (χ4v) is 0.664. The van der Waals surface area contributed by atoms with Crippen molar-refractivity contribution in [2.45, 2.75) is 0 Å². The van der Waals surface area contributed by atoms with Crippen molar-refractivity contribution in [1.82, 2.24) is 0 Å². The zero-order valence-electron chi connectivity index (χ0n) is 6.23. The van der Waals surface area contributed by atoms with Crippen LogP contribution in [-0.2, 0) is 4.65 Å². The van der Waals surface area contributed by atoms with Crippen LogP contribution in [0.15, 0.2) is 30.3 Å². The van der Waals surface area contributed by atoms with Crippen molar-refractivity contribution < 1.29 is 14.3 Å². The molecule has 0 fully saturated rings. The molecule has 1 rings (SSSR count). The lowest BCUT2D eigenvalue weighted by atomic mass is 10.2. The average Bonchev–Trinajstić information content (AvgIpc) is 2.06. The first-order valence-corrected chi connectivity index (χ1v) is 3.25. The molecule has 0 amide bonds. The first-order valence-electron chi connectivity index (χ1n) is 3.25. The number of hydrogen-bond donors (Lipinski definition) is 1. The largest absolute Gasteiger partial charge is 0.710 e. The van der Waals surface area contributed by atoms with Crippen LogP contribution in [0.3, 0.4) is 0 Å². The van der Waals surface area contributed by atoms with Gasteiger partial charge in [0.2, 0.25) is 0 Å². The molecule has 1 aromatic rings. The molecular weight excluding hydrogens is 143 g/mol. The van der Waals surface area contributed by atoms with Crippen LogP contribution in [0.4, 0.5) is 0 Å². The summed E-state index contributed by atoms with van der Waals surface area (Å²) in [7, 11) is 0.186. The van der Waals surface area contributed by atoms with Crippen LogP contribution in [0.5, 0.6) is 5.75 Å². The summed E-state index contributed by atoms with van der Waals surface area (Å²) in [5.41, 5.74) is 0. The number of benzene rings is 1. The summed E-state index contributed by atoms with van der Waals surface area (Å²) in [5, 5.41) is 8.87. The Morgan fingerprint density at radius 1 is 1.27 bits per heavy atom. The second kappa shape index (κ2) is 4.00. The summed E-state index contributed by atoms with van der Waals surface area (Å²) in [5.74, 6) is 0.585. The average molecular weight is 152 g/mol. The normalized spacial score (nSPS) is 9.27. The Morgan fingerprint density at radius 3 is 2.45 bits per heavy atom. The fourth-order valence-electron chi connectivity index (χ4n) is 0.664. The van der Waals surface area contributed by atoms with Gasteiger partial charge >= 0.3 is 7.32 Å². The summed E-state index contributed by atoms with van der Waals surface area (Å²) in [6, 6.07) is 8.98. The molecule has 0 heterocycles.